The highest BCUT2D eigenvalue weighted by molar-refractivity contribution is 5.96. The van der Waals surface area contributed by atoms with Crippen molar-refractivity contribution in [3.63, 3.8) is 0 Å². The van der Waals surface area contributed by atoms with Crippen molar-refractivity contribution >= 4 is 23.3 Å². The molecule has 6 heteroatoms. The zero-order valence-corrected chi connectivity index (χ0v) is 13.6. The molecule has 1 aliphatic heterocycles. The zero-order valence-electron chi connectivity index (χ0n) is 13.6. The summed E-state index contributed by atoms with van der Waals surface area (Å²) in [5, 5.41) is 5.85. The van der Waals surface area contributed by atoms with Crippen molar-refractivity contribution in [2.45, 2.75) is 32.8 Å². The summed E-state index contributed by atoms with van der Waals surface area (Å²) in [5.41, 5.74) is 2.41. The molecule has 2 N–H and O–H groups in total. The highest BCUT2D eigenvalue weighted by Gasteiger charge is 2.29. The molecule has 3 amide bonds. The van der Waals surface area contributed by atoms with Gasteiger partial charge in [-0.15, -0.1) is 0 Å². The van der Waals surface area contributed by atoms with Crippen molar-refractivity contribution in [3.05, 3.63) is 23.8 Å². The Bertz CT molecular complexity index is 613. The zero-order chi connectivity index (χ0) is 16.4. The number of morpholine rings is 1. The molecule has 1 aromatic carbocycles. The Morgan fingerprint density at radius 1 is 1.26 bits per heavy atom. The SMILES string of the molecule is Cc1ccc(NC(=O)C2CC2)cc1NC(=O)N1CCO[C@@H](C)C1. The van der Waals surface area contributed by atoms with Gasteiger partial charge in [-0.1, -0.05) is 6.07 Å². The first kappa shape index (κ1) is 15.8. The molecule has 3 rings (SSSR count). The van der Waals surface area contributed by atoms with Crippen molar-refractivity contribution in [2.24, 2.45) is 5.92 Å². The number of urea groups is 1. The van der Waals surface area contributed by atoms with Crippen LogP contribution in [0.2, 0.25) is 0 Å². The van der Waals surface area contributed by atoms with E-state index in [4.69, 9.17) is 4.74 Å². The van der Waals surface area contributed by atoms with Crippen molar-refractivity contribution in [3.8, 4) is 0 Å². The molecule has 2 fully saturated rings. The Kier molecular flexibility index (Phi) is 4.52. The van der Waals surface area contributed by atoms with Crippen LogP contribution >= 0.6 is 0 Å². The van der Waals surface area contributed by atoms with Gasteiger partial charge in [0.25, 0.3) is 0 Å². The van der Waals surface area contributed by atoms with Gasteiger partial charge >= 0.3 is 6.03 Å². The van der Waals surface area contributed by atoms with Gasteiger partial charge in [-0.2, -0.15) is 0 Å². The maximum Gasteiger partial charge on any atom is 0.322 e. The van der Waals surface area contributed by atoms with Gasteiger partial charge in [0, 0.05) is 30.4 Å². The first-order chi connectivity index (χ1) is 11.0. The van der Waals surface area contributed by atoms with Crippen LogP contribution in [0.4, 0.5) is 16.2 Å². The summed E-state index contributed by atoms with van der Waals surface area (Å²) in [5.74, 6) is 0.220. The Morgan fingerprint density at radius 3 is 2.74 bits per heavy atom. The summed E-state index contributed by atoms with van der Waals surface area (Å²) in [6.45, 7) is 5.63. The molecule has 23 heavy (non-hydrogen) atoms. The van der Waals surface area contributed by atoms with Gasteiger partial charge in [-0.25, -0.2) is 4.79 Å². The van der Waals surface area contributed by atoms with Crippen LogP contribution in [-0.4, -0.2) is 42.6 Å². The standard InChI is InChI=1S/C17H23N3O3/c1-11-3-6-14(18-16(21)13-4-5-13)9-15(11)19-17(22)20-7-8-23-12(2)10-20/h3,6,9,12-13H,4-5,7-8,10H2,1-2H3,(H,18,21)(H,19,22)/t12-/m0/s1. The quantitative estimate of drug-likeness (QED) is 0.900. The number of benzene rings is 1. The largest absolute Gasteiger partial charge is 0.375 e. The predicted octanol–water partition coefficient (Wildman–Crippen LogP) is 2.60. The molecule has 0 unspecified atom stereocenters. The maximum atomic E-state index is 12.4. The van der Waals surface area contributed by atoms with Crippen molar-refractivity contribution in [1.82, 2.24) is 4.90 Å². The van der Waals surface area contributed by atoms with E-state index < -0.39 is 0 Å². The minimum Gasteiger partial charge on any atom is -0.375 e. The Balaban J connectivity index is 1.66. The molecular weight excluding hydrogens is 294 g/mol. The molecule has 0 bridgehead atoms. The second kappa shape index (κ2) is 6.58. The molecule has 1 saturated carbocycles. The van der Waals surface area contributed by atoms with Gasteiger partial charge in [-0.05, 0) is 44.4 Å². The lowest BCUT2D eigenvalue weighted by Crippen LogP contribution is -2.46. The lowest BCUT2D eigenvalue weighted by atomic mass is 10.1. The summed E-state index contributed by atoms with van der Waals surface area (Å²) in [4.78, 5) is 26.0. The minimum atomic E-state index is -0.131. The van der Waals surface area contributed by atoms with Gasteiger partial charge in [0.2, 0.25) is 5.91 Å². The van der Waals surface area contributed by atoms with E-state index in [0.29, 0.717) is 19.7 Å². The Labute approximate surface area is 136 Å². The summed E-state index contributed by atoms with van der Waals surface area (Å²) in [6.07, 6.45) is 1.99. The fraction of sp³-hybridized carbons (Fsp3) is 0.529. The molecule has 6 nitrogen and oxygen atoms in total. The van der Waals surface area contributed by atoms with E-state index in [1.807, 2.05) is 32.0 Å². The third kappa shape index (κ3) is 4.01. The molecule has 1 atom stereocenters. The molecular formula is C17H23N3O3. The smallest absolute Gasteiger partial charge is 0.322 e. The summed E-state index contributed by atoms with van der Waals surface area (Å²) < 4.78 is 5.45. The molecule has 124 valence electrons. The first-order valence-electron chi connectivity index (χ1n) is 8.12. The molecule has 2 aliphatic rings. The van der Waals surface area contributed by atoms with Gasteiger partial charge in [0.1, 0.15) is 0 Å². The number of amides is 3. The number of ether oxygens (including phenoxy) is 1. The Morgan fingerprint density at radius 2 is 2.04 bits per heavy atom. The number of hydrogen-bond acceptors (Lipinski definition) is 3. The maximum absolute atomic E-state index is 12.4. The monoisotopic (exact) mass is 317 g/mol. The van der Waals surface area contributed by atoms with E-state index in [1.54, 1.807) is 4.90 Å². The number of carbonyl (C=O) groups is 2. The van der Waals surface area contributed by atoms with Crippen molar-refractivity contribution in [1.29, 1.82) is 0 Å². The van der Waals surface area contributed by atoms with Crippen LogP contribution in [0, 0.1) is 12.8 Å². The number of carbonyl (C=O) groups excluding carboxylic acids is 2. The average molecular weight is 317 g/mol. The highest BCUT2D eigenvalue weighted by Crippen LogP contribution is 2.30. The fourth-order valence-corrected chi connectivity index (χ4v) is 2.62. The third-order valence-corrected chi connectivity index (χ3v) is 4.22. The Hall–Kier alpha value is -2.08. The van der Waals surface area contributed by atoms with Crippen LogP contribution in [0.3, 0.4) is 0 Å². The molecule has 0 spiro atoms. The highest BCUT2D eigenvalue weighted by atomic mass is 16.5. The molecule has 1 aromatic rings. The van der Waals surface area contributed by atoms with Crippen LogP contribution < -0.4 is 10.6 Å². The number of anilines is 2. The van der Waals surface area contributed by atoms with E-state index in [-0.39, 0.29) is 24.0 Å². The van der Waals surface area contributed by atoms with Crippen LogP contribution in [0.25, 0.3) is 0 Å². The van der Waals surface area contributed by atoms with Crippen LogP contribution in [0.15, 0.2) is 18.2 Å². The van der Waals surface area contributed by atoms with E-state index in [9.17, 15) is 9.59 Å². The van der Waals surface area contributed by atoms with Crippen LogP contribution in [-0.2, 0) is 9.53 Å². The summed E-state index contributed by atoms with van der Waals surface area (Å²) in [7, 11) is 0. The minimum absolute atomic E-state index is 0.0553. The summed E-state index contributed by atoms with van der Waals surface area (Å²) >= 11 is 0. The lowest BCUT2D eigenvalue weighted by Gasteiger charge is -2.31. The van der Waals surface area contributed by atoms with E-state index >= 15 is 0 Å². The average Bonchev–Trinajstić information content (AvgIpc) is 3.35. The van der Waals surface area contributed by atoms with Gasteiger partial charge in [0.15, 0.2) is 0 Å². The van der Waals surface area contributed by atoms with Gasteiger partial charge in [0.05, 0.1) is 12.7 Å². The predicted molar refractivity (Wildman–Crippen MR) is 88.5 cm³/mol. The van der Waals surface area contributed by atoms with Crippen molar-refractivity contribution in [2.75, 3.05) is 30.3 Å². The number of aryl methyl sites for hydroxylation is 1. The van der Waals surface area contributed by atoms with Crippen LogP contribution in [0.1, 0.15) is 25.3 Å². The number of nitrogens with zero attached hydrogens (tertiary/aromatic N) is 1. The summed E-state index contributed by atoms with van der Waals surface area (Å²) in [6, 6.07) is 5.45. The molecule has 1 aliphatic carbocycles. The van der Waals surface area contributed by atoms with E-state index in [0.717, 1.165) is 29.8 Å². The fourth-order valence-electron chi connectivity index (χ4n) is 2.62. The van der Waals surface area contributed by atoms with Gasteiger partial charge in [-0.3, -0.25) is 4.79 Å². The van der Waals surface area contributed by atoms with Crippen LogP contribution in [0.5, 0.6) is 0 Å². The number of rotatable bonds is 3. The first-order valence-corrected chi connectivity index (χ1v) is 8.12. The molecule has 0 aromatic heterocycles. The lowest BCUT2D eigenvalue weighted by molar-refractivity contribution is -0.117. The normalized spacial score (nSPS) is 21.0. The molecule has 1 heterocycles. The molecule has 1 saturated heterocycles. The second-order valence-electron chi connectivity index (χ2n) is 6.35. The number of hydrogen-bond donors (Lipinski definition) is 2. The van der Waals surface area contributed by atoms with Crippen molar-refractivity contribution < 1.29 is 14.3 Å². The third-order valence-electron chi connectivity index (χ3n) is 4.22. The topological polar surface area (TPSA) is 70.7 Å². The van der Waals surface area contributed by atoms with E-state index in [2.05, 4.69) is 10.6 Å². The second-order valence-corrected chi connectivity index (χ2v) is 6.35. The number of nitrogens with one attached hydrogen (secondary N) is 2. The molecule has 0 radical (unpaired) electrons. The van der Waals surface area contributed by atoms with Gasteiger partial charge < -0.3 is 20.3 Å². The van der Waals surface area contributed by atoms with E-state index in [1.165, 1.54) is 0 Å².